The number of H-pyrrole nitrogens is 1. The van der Waals surface area contributed by atoms with E-state index in [0.29, 0.717) is 18.0 Å². The van der Waals surface area contributed by atoms with Crippen LogP contribution >= 0.6 is 11.6 Å². The fraction of sp³-hybridized carbons (Fsp3) is 0.167. The average molecular weight is 275 g/mol. The number of fused-ring (bicyclic) bond motifs is 1. The fourth-order valence-electron chi connectivity index (χ4n) is 1.73. The smallest absolute Gasteiger partial charge is 0.226 e. The summed E-state index contributed by atoms with van der Waals surface area (Å²) in [4.78, 5) is 12.5. The third-order valence-corrected chi connectivity index (χ3v) is 2.88. The van der Waals surface area contributed by atoms with E-state index in [4.69, 9.17) is 11.6 Å². The Labute approximate surface area is 114 Å². The largest absolute Gasteiger partial charge is 0.365 e. The van der Waals surface area contributed by atoms with Crippen LogP contribution in [-0.4, -0.2) is 25.1 Å². The Bertz CT molecular complexity index is 706. The van der Waals surface area contributed by atoms with Crippen LogP contribution in [0.5, 0.6) is 0 Å². The predicted molar refractivity (Wildman–Crippen MR) is 73.0 cm³/mol. The Morgan fingerprint density at radius 2 is 2.16 bits per heavy atom. The molecule has 3 rings (SSSR count). The second kappa shape index (κ2) is 4.81. The van der Waals surface area contributed by atoms with E-state index in [1.165, 1.54) is 0 Å². The van der Waals surface area contributed by atoms with Crippen molar-refractivity contribution in [1.82, 2.24) is 25.1 Å². The van der Waals surface area contributed by atoms with Crippen LogP contribution in [0.2, 0.25) is 5.28 Å². The number of pyridine rings is 1. The van der Waals surface area contributed by atoms with Crippen molar-refractivity contribution in [3.05, 3.63) is 41.1 Å². The lowest BCUT2D eigenvalue weighted by Crippen LogP contribution is -2.03. The van der Waals surface area contributed by atoms with E-state index in [0.717, 1.165) is 16.6 Å². The highest BCUT2D eigenvalue weighted by atomic mass is 35.5. The van der Waals surface area contributed by atoms with Gasteiger partial charge in [-0.1, -0.05) is 6.07 Å². The predicted octanol–water partition coefficient (Wildman–Crippen LogP) is 2.32. The molecule has 3 heterocycles. The molecule has 96 valence electrons. The van der Waals surface area contributed by atoms with Gasteiger partial charge in [-0.15, -0.1) is 0 Å². The molecule has 0 amide bonds. The number of aromatic amines is 1. The Hall–Kier alpha value is -2.21. The van der Waals surface area contributed by atoms with Gasteiger partial charge in [0.25, 0.3) is 0 Å². The van der Waals surface area contributed by atoms with Crippen LogP contribution in [0.4, 0.5) is 5.82 Å². The van der Waals surface area contributed by atoms with Crippen molar-refractivity contribution in [2.75, 3.05) is 5.32 Å². The number of hydrogen-bond donors (Lipinski definition) is 2. The molecular weight excluding hydrogens is 264 g/mol. The maximum Gasteiger partial charge on any atom is 0.226 e. The molecule has 0 fully saturated rings. The van der Waals surface area contributed by atoms with Crippen molar-refractivity contribution in [2.24, 2.45) is 0 Å². The highest BCUT2D eigenvalue weighted by Crippen LogP contribution is 2.20. The first-order chi connectivity index (χ1) is 9.22. The summed E-state index contributed by atoms with van der Waals surface area (Å²) >= 11 is 5.86. The maximum atomic E-state index is 5.86. The highest BCUT2D eigenvalue weighted by molar-refractivity contribution is 6.28. The lowest BCUT2D eigenvalue weighted by atomic mass is 10.2. The van der Waals surface area contributed by atoms with Gasteiger partial charge < -0.3 is 5.32 Å². The summed E-state index contributed by atoms with van der Waals surface area (Å²) in [7, 11) is 0. The van der Waals surface area contributed by atoms with Gasteiger partial charge in [0.15, 0.2) is 5.65 Å². The van der Waals surface area contributed by atoms with Crippen LogP contribution in [-0.2, 0) is 6.54 Å². The van der Waals surface area contributed by atoms with Crippen molar-refractivity contribution < 1.29 is 0 Å². The summed E-state index contributed by atoms with van der Waals surface area (Å²) in [5.74, 6) is 0.657. The lowest BCUT2D eigenvalue weighted by molar-refractivity contribution is 1.06. The SMILES string of the molecule is Cc1ccc(CNc2nc(Cl)nc3[nH]ncc23)cn1. The molecule has 0 radical (unpaired) electrons. The summed E-state index contributed by atoms with van der Waals surface area (Å²) < 4.78 is 0. The monoisotopic (exact) mass is 274 g/mol. The summed E-state index contributed by atoms with van der Waals surface area (Å²) in [5, 5.41) is 10.9. The highest BCUT2D eigenvalue weighted by Gasteiger charge is 2.08. The molecule has 7 heteroatoms. The second-order valence-corrected chi connectivity index (χ2v) is 4.47. The standard InChI is InChI=1S/C12H11ClN6/c1-7-2-3-8(4-14-7)5-15-10-9-6-16-19-11(9)18-12(13)17-10/h2-4,6H,5H2,1H3,(H2,15,16,17,18,19). The summed E-state index contributed by atoms with van der Waals surface area (Å²) in [5.41, 5.74) is 2.67. The molecule has 0 saturated carbocycles. The first kappa shape index (κ1) is 11.9. The minimum atomic E-state index is 0.182. The van der Waals surface area contributed by atoms with Gasteiger partial charge in [-0.2, -0.15) is 15.1 Å². The number of rotatable bonds is 3. The fourth-order valence-corrected chi connectivity index (χ4v) is 1.90. The van der Waals surface area contributed by atoms with Crippen LogP contribution in [0.3, 0.4) is 0 Å². The van der Waals surface area contributed by atoms with E-state index in [9.17, 15) is 0 Å². The molecule has 2 N–H and O–H groups in total. The van der Waals surface area contributed by atoms with Gasteiger partial charge in [-0.05, 0) is 30.2 Å². The van der Waals surface area contributed by atoms with Gasteiger partial charge in [0, 0.05) is 18.4 Å². The van der Waals surface area contributed by atoms with E-state index in [-0.39, 0.29) is 5.28 Å². The molecule has 3 aromatic heterocycles. The van der Waals surface area contributed by atoms with Crippen LogP contribution in [0, 0.1) is 6.92 Å². The number of halogens is 1. The molecule has 6 nitrogen and oxygen atoms in total. The summed E-state index contributed by atoms with van der Waals surface area (Å²) in [6.45, 7) is 2.57. The zero-order valence-corrected chi connectivity index (χ0v) is 10.9. The molecule has 0 saturated heterocycles. The topological polar surface area (TPSA) is 79.4 Å². The van der Waals surface area contributed by atoms with Gasteiger partial charge in [0.05, 0.1) is 11.6 Å². The second-order valence-electron chi connectivity index (χ2n) is 4.13. The van der Waals surface area contributed by atoms with E-state index < -0.39 is 0 Å². The van der Waals surface area contributed by atoms with E-state index in [1.54, 1.807) is 6.20 Å². The molecule has 19 heavy (non-hydrogen) atoms. The number of anilines is 1. The van der Waals surface area contributed by atoms with E-state index in [1.807, 2.05) is 25.3 Å². The number of aryl methyl sites for hydroxylation is 1. The van der Waals surface area contributed by atoms with Crippen LogP contribution in [0.25, 0.3) is 11.0 Å². The molecular formula is C12H11ClN6. The van der Waals surface area contributed by atoms with Crippen LogP contribution in [0.15, 0.2) is 24.5 Å². The van der Waals surface area contributed by atoms with E-state index in [2.05, 4.69) is 30.5 Å². The maximum absolute atomic E-state index is 5.86. The molecule has 3 aromatic rings. The molecule has 0 bridgehead atoms. The van der Waals surface area contributed by atoms with Crippen molar-refractivity contribution >= 4 is 28.5 Å². The third kappa shape index (κ3) is 2.48. The van der Waals surface area contributed by atoms with Crippen LogP contribution < -0.4 is 5.32 Å². The van der Waals surface area contributed by atoms with E-state index >= 15 is 0 Å². The normalized spacial score (nSPS) is 10.8. The first-order valence-corrected chi connectivity index (χ1v) is 6.12. The lowest BCUT2D eigenvalue weighted by Gasteiger charge is -2.06. The Kier molecular flexibility index (Phi) is 3.00. The van der Waals surface area contributed by atoms with Gasteiger partial charge in [-0.3, -0.25) is 10.1 Å². The van der Waals surface area contributed by atoms with Crippen LogP contribution in [0.1, 0.15) is 11.3 Å². The number of aromatic nitrogens is 5. The van der Waals surface area contributed by atoms with Crippen molar-refractivity contribution in [1.29, 1.82) is 0 Å². The molecule has 0 spiro atoms. The number of hydrogen-bond acceptors (Lipinski definition) is 5. The molecule has 0 aliphatic carbocycles. The quantitative estimate of drug-likeness (QED) is 0.717. The van der Waals surface area contributed by atoms with Crippen molar-refractivity contribution in [3.8, 4) is 0 Å². The summed E-state index contributed by atoms with van der Waals surface area (Å²) in [6, 6.07) is 3.99. The molecule has 0 aromatic carbocycles. The number of nitrogens with one attached hydrogen (secondary N) is 2. The Morgan fingerprint density at radius 1 is 1.26 bits per heavy atom. The van der Waals surface area contributed by atoms with Crippen molar-refractivity contribution in [3.63, 3.8) is 0 Å². The molecule has 0 aliphatic heterocycles. The Balaban J connectivity index is 1.85. The minimum absolute atomic E-state index is 0.182. The zero-order chi connectivity index (χ0) is 13.2. The van der Waals surface area contributed by atoms with Gasteiger partial charge >= 0.3 is 0 Å². The zero-order valence-electron chi connectivity index (χ0n) is 10.2. The third-order valence-electron chi connectivity index (χ3n) is 2.72. The Morgan fingerprint density at radius 3 is 2.95 bits per heavy atom. The van der Waals surface area contributed by atoms with Gasteiger partial charge in [-0.25, -0.2) is 0 Å². The minimum Gasteiger partial charge on any atom is -0.365 e. The molecule has 0 unspecified atom stereocenters. The van der Waals surface area contributed by atoms with Gasteiger partial charge in [0.1, 0.15) is 5.82 Å². The summed E-state index contributed by atoms with van der Waals surface area (Å²) in [6.07, 6.45) is 3.50. The average Bonchev–Trinajstić information content (AvgIpc) is 2.85. The van der Waals surface area contributed by atoms with Crippen molar-refractivity contribution in [2.45, 2.75) is 13.5 Å². The molecule has 0 atom stereocenters. The number of nitrogens with zero attached hydrogens (tertiary/aromatic N) is 4. The molecule has 0 aliphatic rings. The first-order valence-electron chi connectivity index (χ1n) is 5.74. The van der Waals surface area contributed by atoms with Gasteiger partial charge in [0.2, 0.25) is 5.28 Å².